The van der Waals surface area contributed by atoms with Crippen LogP contribution in [-0.2, 0) is 14.6 Å². The van der Waals surface area contributed by atoms with E-state index < -0.39 is 9.84 Å². The van der Waals surface area contributed by atoms with Gasteiger partial charge in [-0.1, -0.05) is 0 Å². The van der Waals surface area contributed by atoms with E-state index in [0.717, 1.165) is 25.6 Å². The number of hydrogen-bond donors (Lipinski definition) is 2. The summed E-state index contributed by atoms with van der Waals surface area (Å²) in [6.07, 6.45) is 0. The monoisotopic (exact) mass is 320 g/mol. The maximum atomic E-state index is 11.3. The number of nitrogens with one attached hydrogen (secondary N) is 2. The Hall–Kier alpha value is -0.860. The second-order valence-corrected chi connectivity index (χ2v) is 7.18. The van der Waals surface area contributed by atoms with E-state index in [1.165, 1.54) is 0 Å². The van der Waals surface area contributed by atoms with Gasteiger partial charge in [-0.05, 0) is 13.8 Å². The van der Waals surface area contributed by atoms with Crippen LogP contribution in [0.1, 0.15) is 13.8 Å². The first-order valence-corrected chi connectivity index (χ1v) is 9.42. The Morgan fingerprint density at radius 3 is 2.57 bits per heavy atom. The minimum Gasteiger partial charge on any atom is -0.380 e. The van der Waals surface area contributed by atoms with Crippen molar-refractivity contribution < 1.29 is 13.2 Å². The number of aliphatic imine (C=N–C) groups is 1. The zero-order valence-electron chi connectivity index (χ0n) is 13.1. The molecule has 7 nitrogen and oxygen atoms in total. The maximum Gasteiger partial charge on any atom is 0.191 e. The van der Waals surface area contributed by atoms with Gasteiger partial charge in [-0.2, -0.15) is 0 Å². The first kappa shape index (κ1) is 18.2. The van der Waals surface area contributed by atoms with Gasteiger partial charge in [0.2, 0.25) is 0 Å². The van der Waals surface area contributed by atoms with Crippen molar-refractivity contribution in [3.05, 3.63) is 0 Å². The van der Waals surface area contributed by atoms with Crippen molar-refractivity contribution in [2.75, 3.05) is 64.0 Å². The first-order valence-electron chi connectivity index (χ1n) is 7.60. The molecule has 0 bridgehead atoms. The zero-order valence-corrected chi connectivity index (χ0v) is 13.9. The van der Waals surface area contributed by atoms with Crippen molar-refractivity contribution >= 4 is 15.8 Å². The molecule has 0 atom stereocenters. The van der Waals surface area contributed by atoms with Gasteiger partial charge in [0.25, 0.3) is 0 Å². The van der Waals surface area contributed by atoms with Crippen LogP contribution >= 0.6 is 0 Å². The van der Waals surface area contributed by atoms with E-state index in [1.54, 1.807) is 0 Å². The van der Waals surface area contributed by atoms with Gasteiger partial charge in [0, 0.05) is 39.3 Å². The van der Waals surface area contributed by atoms with Crippen LogP contribution in [0.2, 0.25) is 0 Å². The lowest BCUT2D eigenvalue weighted by molar-refractivity contribution is 0.152. The van der Waals surface area contributed by atoms with Crippen LogP contribution in [0, 0.1) is 0 Å². The highest BCUT2D eigenvalue weighted by Gasteiger charge is 2.20. The number of nitrogens with zero attached hydrogens (tertiary/aromatic N) is 2. The Balaban J connectivity index is 2.26. The number of ether oxygens (including phenoxy) is 1. The van der Waals surface area contributed by atoms with Crippen LogP contribution in [0.3, 0.4) is 0 Å². The Kier molecular flexibility index (Phi) is 8.63. The van der Waals surface area contributed by atoms with Crippen LogP contribution in [0.5, 0.6) is 0 Å². The average Bonchev–Trinajstić information content (AvgIpc) is 2.45. The third kappa shape index (κ3) is 8.23. The average molecular weight is 320 g/mol. The highest BCUT2D eigenvalue weighted by Crippen LogP contribution is 2.02. The molecule has 2 N–H and O–H groups in total. The minimum atomic E-state index is -2.80. The van der Waals surface area contributed by atoms with E-state index >= 15 is 0 Å². The van der Waals surface area contributed by atoms with E-state index in [9.17, 15) is 8.42 Å². The summed E-state index contributed by atoms with van der Waals surface area (Å²) in [5, 5.41) is 6.39. The van der Waals surface area contributed by atoms with Crippen LogP contribution < -0.4 is 10.6 Å². The molecule has 0 amide bonds. The number of sulfone groups is 1. The molecule has 0 saturated carbocycles. The third-order valence-corrected chi connectivity index (χ3v) is 4.82. The van der Waals surface area contributed by atoms with E-state index in [1.807, 2.05) is 13.8 Å². The second-order valence-electron chi connectivity index (χ2n) is 4.88. The molecule has 0 unspecified atom stereocenters. The SMILES string of the molecule is CCNC(=NCCN1CCS(=O)(=O)CC1)NCCOCC. The fourth-order valence-electron chi connectivity index (χ4n) is 2.00. The Morgan fingerprint density at radius 2 is 1.95 bits per heavy atom. The predicted octanol–water partition coefficient (Wildman–Crippen LogP) is -0.692. The Labute approximate surface area is 128 Å². The number of guanidine groups is 1. The smallest absolute Gasteiger partial charge is 0.191 e. The Morgan fingerprint density at radius 1 is 1.24 bits per heavy atom. The molecule has 124 valence electrons. The molecule has 1 rings (SSSR count). The molecule has 0 aromatic heterocycles. The minimum absolute atomic E-state index is 0.267. The summed E-state index contributed by atoms with van der Waals surface area (Å²) in [5.41, 5.74) is 0. The lowest BCUT2D eigenvalue weighted by atomic mass is 10.4. The van der Waals surface area contributed by atoms with E-state index in [4.69, 9.17) is 4.74 Å². The van der Waals surface area contributed by atoms with Gasteiger partial charge in [0.05, 0.1) is 24.7 Å². The normalized spacial score (nSPS) is 19.4. The van der Waals surface area contributed by atoms with Crippen LogP contribution in [0.4, 0.5) is 0 Å². The summed E-state index contributed by atoms with van der Waals surface area (Å²) in [4.78, 5) is 6.64. The predicted molar refractivity (Wildman–Crippen MR) is 85.6 cm³/mol. The highest BCUT2D eigenvalue weighted by atomic mass is 32.2. The van der Waals surface area contributed by atoms with E-state index in [2.05, 4.69) is 20.5 Å². The molecular formula is C13H28N4O3S. The van der Waals surface area contributed by atoms with Crippen LogP contribution in [0.15, 0.2) is 4.99 Å². The summed E-state index contributed by atoms with van der Waals surface area (Å²) >= 11 is 0. The Bertz CT molecular complexity index is 398. The van der Waals surface area contributed by atoms with Crippen molar-refractivity contribution in [3.8, 4) is 0 Å². The van der Waals surface area contributed by atoms with Gasteiger partial charge >= 0.3 is 0 Å². The quantitative estimate of drug-likeness (QED) is 0.350. The molecule has 1 fully saturated rings. The molecule has 1 saturated heterocycles. The number of hydrogen-bond acceptors (Lipinski definition) is 5. The summed E-state index contributed by atoms with van der Waals surface area (Å²) in [6.45, 7) is 9.58. The van der Waals surface area contributed by atoms with Gasteiger partial charge in [0.15, 0.2) is 15.8 Å². The van der Waals surface area contributed by atoms with Gasteiger partial charge in [-0.25, -0.2) is 8.42 Å². The van der Waals surface area contributed by atoms with Gasteiger partial charge < -0.3 is 15.4 Å². The first-order chi connectivity index (χ1) is 10.1. The fourth-order valence-corrected chi connectivity index (χ4v) is 3.28. The van der Waals surface area contributed by atoms with E-state index in [0.29, 0.717) is 32.8 Å². The molecule has 0 aliphatic carbocycles. The van der Waals surface area contributed by atoms with Crippen molar-refractivity contribution in [3.63, 3.8) is 0 Å². The highest BCUT2D eigenvalue weighted by molar-refractivity contribution is 7.91. The molecule has 0 spiro atoms. The standard InChI is InChI=1S/C13H28N4O3S/c1-3-14-13(16-6-10-20-4-2)15-5-7-17-8-11-21(18,19)12-9-17/h3-12H2,1-2H3,(H2,14,15,16). The fraction of sp³-hybridized carbons (Fsp3) is 0.923. The molecule has 0 radical (unpaired) electrons. The molecule has 1 aliphatic heterocycles. The largest absolute Gasteiger partial charge is 0.380 e. The molecule has 0 aromatic carbocycles. The summed E-state index contributed by atoms with van der Waals surface area (Å²) < 4.78 is 28.0. The number of rotatable bonds is 8. The molecule has 21 heavy (non-hydrogen) atoms. The maximum absolute atomic E-state index is 11.3. The van der Waals surface area contributed by atoms with Gasteiger partial charge in [0.1, 0.15) is 0 Å². The van der Waals surface area contributed by atoms with Crippen LogP contribution in [-0.4, -0.2) is 83.3 Å². The molecule has 1 aliphatic rings. The second kappa shape index (κ2) is 9.97. The molecule has 1 heterocycles. The van der Waals surface area contributed by atoms with Crippen molar-refractivity contribution in [1.82, 2.24) is 15.5 Å². The van der Waals surface area contributed by atoms with Gasteiger partial charge in [-0.15, -0.1) is 0 Å². The summed E-state index contributed by atoms with van der Waals surface area (Å²) in [7, 11) is -2.80. The lowest BCUT2D eigenvalue weighted by Gasteiger charge is -2.25. The van der Waals surface area contributed by atoms with Crippen LogP contribution in [0.25, 0.3) is 0 Å². The summed E-state index contributed by atoms with van der Waals surface area (Å²) in [5.74, 6) is 1.31. The topological polar surface area (TPSA) is 83.0 Å². The zero-order chi connectivity index (χ0) is 15.6. The van der Waals surface area contributed by atoms with Gasteiger partial charge in [-0.3, -0.25) is 9.89 Å². The van der Waals surface area contributed by atoms with E-state index in [-0.39, 0.29) is 11.5 Å². The van der Waals surface area contributed by atoms with Crippen molar-refractivity contribution in [2.45, 2.75) is 13.8 Å². The van der Waals surface area contributed by atoms with Crippen molar-refractivity contribution in [1.29, 1.82) is 0 Å². The third-order valence-electron chi connectivity index (χ3n) is 3.21. The lowest BCUT2D eigenvalue weighted by Crippen LogP contribution is -2.42. The molecule has 0 aromatic rings. The molecule has 8 heteroatoms. The van der Waals surface area contributed by atoms with Crippen molar-refractivity contribution in [2.24, 2.45) is 4.99 Å². The summed E-state index contributed by atoms with van der Waals surface area (Å²) in [6, 6.07) is 0. The molecular weight excluding hydrogens is 292 g/mol.